The lowest BCUT2D eigenvalue weighted by Crippen LogP contribution is -2.27. The summed E-state index contributed by atoms with van der Waals surface area (Å²) in [5.74, 6) is -0.484. The Morgan fingerprint density at radius 3 is 2.47 bits per heavy atom. The monoisotopic (exact) mass is 530 g/mol. The first-order valence-corrected chi connectivity index (χ1v) is 12.3. The lowest BCUT2D eigenvalue weighted by molar-refractivity contribution is -0.387. The molecule has 1 fully saturated rings. The minimum atomic E-state index is -0.484. The molecule has 0 radical (unpaired) electrons. The quantitative estimate of drug-likeness (QED) is 0.185. The number of hydrogen-bond acceptors (Lipinski definition) is 6. The molecule has 4 rings (SSSR count). The summed E-state index contributed by atoms with van der Waals surface area (Å²) in [7, 11) is 0. The van der Waals surface area contributed by atoms with E-state index >= 15 is 0 Å². The minimum absolute atomic E-state index is 0.00425. The van der Waals surface area contributed by atoms with Crippen LogP contribution in [-0.4, -0.2) is 21.0 Å². The van der Waals surface area contributed by atoms with Gasteiger partial charge in [-0.25, -0.2) is 0 Å². The number of rotatable bonds is 6. The number of benzene rings is 3. The number of nitro benzene ring substituents is 1. The first kappa shape index (κ1) is 24.3. The maximum atomic E-state index is 12.9. The molecule has 3 aromatic rings. The number of carbonyl (C=O) groups excluding carboxylic acids is 2. The Kier molecular flexibility index (Phi) is 7.33. The van der Waals surface area contributed by atoms with Gasteiger partial charge < -0.3 is 0 Å². The molecule has 0 spiro atoms. The van der Waals surface area contributed by atoms with Crippen LogP contribution in [-0.2, 0) is 11.3 Å². The van der Waals surface area contributed by atoms with Gasteiger partial charge in [-0.05, 0) is 66.2 Å². The lowest BCUT2D eigenvalue weighted by atomic mass is 10.1. The second kappa shape index (κ2) is 10.2. The highest BCUT2D eigenvalue weighted by Crippen LogP contribution is 2.38. The average molecular weight is 531 g/mol. The molecule has 0 atom stereocenters. The number of nitro groups is 1. The van der Waals surface area contributed by atoms with Crippen molar-refractivity contribution in [3.05, 3.63) is 102 Å². The molecule has 10 heteroatoms. The molecule has 0 aromatic heterocycles. The standard InChI is InChI=1S/C24H16Cl2N2O4S2/c1-14-2-7-18(8-3-14)33-21-9-4-15(10-20(21)28(31)32)11-22-23(29)27(24(30)34-22)13-16-5-6-17(25)12-19(16)26/h2-12H,13H2,1H3. The van der Waals surface area contributed by atoms with Crippen LogP contribution in [0.1, 0.15) is 16.7 Å². The van der Waals surface area contributed by atoms with Crippen molar-refractivity contribution in [2.75, 3.05) is 0 Å². The minimum Gasteiger partial charge on any atom is -0.268 e. The maximum absolute atomic E-state index is 12.9. The van der Waals surface area contributed by atoms with Gasteiger partial charge in [-0.3, -0.25) is 24.6 Å². The summed E-state index contributed by atoms with van der Waals surface area (Å²) in [5.41, 5.74) is 2.06. The third kappa shape index (κ3) is 5.47. The summed E-state index contributed by atoms with van der Waals surface area (Å²) < 4.78 is 0. The van der Waals surface area contributed by atoms with Crippen LogP contribution < -0.4 is 0 Å². The Labute approximate surface area is 214 Å². The topological polar surface area (TPSA) is 80.5 Å². The van der Waals surface area contributed by atoms with Gasteiger partial charge in [-0.2, -0.15) is 0 Å². The summed E-state index contributed by atoms with van der Waals surface area (Å²) in [6, 6.07) is 17.3. The molecular formula is C24H16Cl2N2O4S2. The molecule has 6 nitrogen and oxygen atoms in total. The van der Waals surface area contributed by atoms with Crippen molar-refractivity contribution >= 4 is 69.6 Å². The first-order chi connectivity index (χ1) is 16.2. The predicted molar refractivity (Wildman–Crippen MR) is 136 cm³/mol. The number of nitrogens with zero attached hydrogens (tertiary/aromatic N) is 2. The summed E-state index contributed by atoms with van der Waals surface area (Å²) in [6.45, 7) is 1.97. The molecule has 0 unspecified atom stereocenters. The zero-order chi connectivity index (χ0) is 24.4. The highest BCUT2D eigenvalue weighted by molar-refractivity contribution is 8.18. The van der Waals surface area contributed by atoms with Crippen molar-refractivity contribution in [1.29, 1.82) is 0 Å². The Morgan fingerprint density at radius 1 is 1.06 bits per heavy atom. The van der Waals surface area contributed by atoms with Gasteiger partial charge in [0.05, 0.1) is 21.3 Å². The van der Waals surface area contributed by atoms with Crippen molar-refractivity contribution in [2.45, 2.75) is 23.3 Å². The van der Waals surface area contributed by atoms with Gasteiger partial charge in [0.25, 0.3) is 16.8 Å². The van der Waals surface area contributed by atoms with E-state index in [4.69, 9.17) is 23.2 Å². The van der Waals surface area contributed by atoms with Gasteiger partial charge in [-0.1, -0.05) is 64.8 Å². The van der Waals surface area contributed by atoms with Crippen LogP contribution in [0.2, 0.25) is 10.0 Å². The van der Waals surface area contributed by atoms with E-state index in [1.807, 2.05) is 31.2 Å². The van der Waals surface area contributed by atoms with Crippen molar-refractivity contribution < 1.29 is 14.5 Å². The molecule has 34 heavy (non-hydrogen) atoms. The molecule has 0 saturated carbocycles. The van der Waals surface area contributed by atoms with Crippen molar-refractivity contribution in [2.24, 2.45) is 0 Å². The average Bonchev–Trinajstić information content (AvgIpc) is 3.05. The fourth-order valence-corrected chi connectivity index (χ4v) is 5.40. The zero-order valence-electron chi connectivity index (χ0n) is 17.7. The molecule has 172 valence electrons. The number of halogens is 2. The second-order valence-electron chi connectivity index (χ2n) is 7.40. The third-order valence-corrected chi connectivity index (χ3v) is 7.51. The maximum Gasteiger partial charge on any atom is 0.293 e. The fraction of sp³-hybridized carbons (Fsp3) is 0.0833. The number of carbonyl (C=O) groups is 2. The van der Waals surface area contributed by atoms with E-state index in [1.54, 1.807) is 30.3 Å². The van der Waals surface area contributed by atoms with Crippen molar-refractivity contribution in [1.82, 2.24) is 4.90 Å². The molecule has 1 heterocycles. The fourth-order valence-electron chi connectivity index (χ4n) is 3.19. The smallest absolute Gasteiger partial charge is 0.268 e. The van der Waals surface area contributed by atoms with Gasteiger partial charge in [0.15, 0.2) is 0 Å². The Hall–Kier alpha value is -2.78. The van der Waals surface area contributed by atoms with E-state index in [-0.39, 0.29) is 17.1 Å². The molecule has 0 N–H and O–H groups in total. The van der Waals surface area contributed by atoms with E-state index in [1.165, 1.54) is 23.9 Å². The molecule has 3 aromatic carbocycles. The Morgan fingerprint density at radius 2 is 1.79 bits per heavy atom. The zero-order valence-corrected chi connectivity index (χ0v) is 20.8. The van der Waals surface area contributed by atoms with Crippen LogP contribution in [0.25, 0.3) is 6.08 Å². The normalized spacial score (nSPS) is 14.8. The van der Waals surface area contributed by atoms with Crippen LogP contribution in [0.3, 0.4) is 0 Å². The first-order valence-electron chi connectivity index (χ1n) is 9.93. The number of amides is 2. The summed E-state index contributed by atoms with van der Waals surface area (Å²) in [5, 5.41) is 12.1. The van der Waals surface area contributed by atoms with E-state index < -0.39 is 16.1 Å². The molecule has 1 aliphatic heterocycles. The van der Waals surface area contributed by atoms with Crippen LogP contribution in [0.5, 0.6) is 0 Å². The highest BCUT2D eigenvalue weighted by Gasteiger charge is 2.35. The number of aryl methyl sites for hydroxylation is 1. The molecular weight excluding hydrogens is 515 g/mol. The van der Waals surface area contributed by atoms with Gasteiger partial charge in [-0.15, -0.1) is 0 Å². The van der Waals surface area contributed by atoms with Crippen molar-refractivity contribution in [3.63, 3.8) is 0 Å². The van der Waals surface area contributed by atoms with Crippen LogP contribution in [0.15, 0.2) is 75.4 Å². The van der Waals surface area contributed by atoms with Gasteiger partial charge in [0.2, 0.25) is 0 Å². The Balaban J connectivity index is 1.57. The van der Waals surface area contributed by atoms with Crippen LogP contribution in [0, 0.1) is 17.0 Å². The third-order valence-electron chi connectivity index (χ3n) is 4.94. The molecule has 2 amide bonds. The molecule has 1 aliphatic rings. The number of imide groups is 1. The van der Waals surface area contributed by atoms with E-state index in [0.717, 1.165) is 27.1 Å². The summed E-state index contributed by atoms with van der Waals surface area (Å²) in [4.78, 5) is 39.2. The van der Waals surface area contributed by atoms with Crippen molar-refractivity contribution in [3.8, 4) is 0 Å². The highest BCUT2D eigenvalue weighted by atomic mass is 35.5. The van der Waals surface area contributed by atoms with E-state index in [2.05, 4.69) is 0 Å². The Bertz CT molecular complexity index is 1340. The number of hydrogen-bond donors (Lipinski definition) is 0. The van der Waals surface area contributed by atoms with Gasteiger partial charge in [0.1, 0.15) is 0 Å². The molecule has 0 aliphatic carbocycles. The van der Waals surface area contributed by atoms with E-state index in [0.29, 0.717) is 26.1 Å². The van der Waals surface area contributed by atoms with E-state index in [9.17, 15) is 19.7 Å². The summed E-state index contributed by atoms with van der Waals surface area (Å²) in [6.07, 6.45) is 1.49. The summed E-state index contributed by atoms with van der Waals surface area (Å²) >= 11 is 14.2. The number of thioether (sulfide) groups is 1. The molecule has 1 saturated heterocycles. The SMILES string of the molecule is Cc1ccc(Sc2ccc(C=C3SC(=O)N(Cc4ccc(Cl)cc4Cl)C3=O)cc2[N+](=O)[O-])cc1. The van der Waals surface area contributed by atoms with Crippen LogP contribution >= 0.6 is 46.7 Å². The van der Waals surface area contributed by atoms with Gasteiger partial charge >= 0.3 is 0 Å². The molecule has 0 bridgehead atoms. The second-order valence-corrected chi connectivity index (χ2v) is 10.4. The largest absolute Gasteiger partial charge is 0.293 e. The predicted octanol–water partition coefficient (Wildman–Crippen LogP) is 7.60. The van der Waals surface area contributed by atoms with Gasteiger partial charge in [0, 0.05) is 21.0 Å². The van der Waals surface area contributed by atoms with Crippen LogP contribution in [0.4, 0.5) is 10.5 Å². The lowest BCUT2D eigenvalue weighted by Gasteiger charge is -2.13.